The molecule has 16 N–H and O–H groups in total. The monoisotopic (exact) mass is 918 g/mol. The molecule has 12 amide bonds. The Morgan fingerprint density at radius 3 is 1.97 bits per heavy atom. The first kappa shape index (κ1) is 53.8. The van der Waals surface area contributed by atoms with Crippen LogP contribution in [0.4, 0.5) is 0 Å². The highest BCUT2D eigenvalue weighted by molar-refractivity contribution is 5.99. The summed E-state index contributed by atoms with van der Waals surface area (Å²) in [4.78, 5) is 157. The van der Waals surface area contributed by atoms with Gasteiger partial charge in [0.25, 0.3) is 0 Å². The van der Waals surface area contributed by atoms with Gasteiger partial charge in [-0.2, -0.15) is 0 Å². The Balaban J connectivity index is 2.58. The van der Waals surface area contributed by atoms with Gasteiger partial charge in [0.1, 0.15) is 42.0 Å². The van der Waals surface area contributed by atoms with Crippen LogP contribution in [0, 0.1) is 5.92 Å². The van der Waals surface area contributed by atoms with Crippen LogP contribution in [0.2, 0.25) is 0 Å². The number of amides is 12. The molecule has 0 unspecified atom stereocenters. The number of carbonyl (C=O) groups excluding carboxylic acids is 12. The van der Waals surface area contributed by atoms with Gasteiger partial charge in [-0.15, -0.1) is 0 Å². The molecule has 0 saturated carbocycles. The number of likely N-dealkylation sites (N-methyl/N-ethyl adjacent to an activating group) is 1. The second kappa shape index (κ2) is 26.3. The van der Waals surface area contributed by atoms with Crippen LogP contribution in [0.1, 0.15) is 57.9 Å². The lowest BCUT2D eigenvalue weighted by Crippen LogP contribution is -2.61. The minimum absolute atomic E-state index is 0.0775. The van der Waals surface area contributed by atoms with Crippen molar-refractivity contribution < 1.29 is 67.7 Å². The van der Waals surface area contributed by atoms with Crippen molar-refractivity contribution in [2.75, 3.05) is 33.3 Å². The van der Waals surface area contributed by atoms with E-state index in [0.29, 0.717) is 12.0 Å². The fourth-order valence-corrected chi connectivity index (χ4v) is 6.09. The minimum atomic E-state index is -1.86. The largest absolute Gasteiger partial charge is 0.508 e. The Hall–Kier alpha value is -7.38. The summed E-state index contributed by atoms with van der Waals surface area (Å²) < 4.78 is 0. The summed E-state index contributed by atoms with van der Waals surface area (Å²) in [7, 11) is 1.09. The molecule has 0 bridgehead atoms. The van der Waals surface area contributed by atoms with Gasteiger partial charge in [-0.3, -0.25) is 57.5 Å². The Bertz CT molecular complexity index is 1950. The fraction of sp³-hybridized carbons (Fsp3) is 0.538. The number of nitrogens with two attached hydrogens (primary N) is 3. The van der Waals surface area contributed by atoms with Crippen molar-refractivity contribution in [3.8, 4) is 5.75 Å². The lowest BCUT2D eigenvalue weighted by Gasteiger charge is -2.29. The molecule has 1 heterocycles. The SMILES string of the molecule is CC[C@H](C)[C@@H]1NC(=O)[C@H](Cc2ccc(O)cc2)NC(=O)CCC(=O)NC[C@@H](C(=O)N(C)CC(=O)N[C@@H](CO)C(=O)NCC(N)=O)NC(=O)[C@H](CC(N)=O)NC(=O)[C@H](CCC(N)=O)NC1=O. The van der Waals surface area contributed by atoms with E-state index in [0.717, 1.165) is 11.9 Å². The van der Waals surface area contributed by atoms with Gasteiger partial charge in [-0.1, -0.05) is 32.4 Å². The van der Waals surface area contributed by atoms with E-state index in [2.05, 4.69) is 42.5 Å². The number of phenols is 1. The number of nitrogens with one attached hydrogen (secondary N) is 8. The summed E-state index contributed by atoms with van der Waals surface area (Å²) in [5, 5.41) is 38.2. The molecule has 0 aliphatic carbocycles. The van der Waals surface area contributed by atoms with Crippen LogP contribution in [0.25, 0.3) is 0 Å². The van der Waals surface area contributed by atoms with Crippen molar-refractivity contribution in [2.45, 2.75) is 95.0 Å². The third-order valence-corrected chi connectivity index (χ3v) is 9.90. The van der Waals surface area contributed by atoms with Crippen molar-refractivity contribution in [3.05, 3.63) is 29.8 Å². The topological polar surface area (TPSA) is 423 Å². The Kier molecular flexibility index (Phi) is 21.7. The lowest BCUT2D eigenvalue weighted by molar-refractivity contribution is -0.140. The van der Waals surface area contributed by atoms with E-state index in [1.54, 1.807) is 13.8 Å². The van der Waals surface area contributed by atoms with Crippen molar-refractivity contribution in [3.63, 3.8) is 0 Å². The molecule has 1 aliphatic rings. The summed E-state index contributed by atoms with van der Waals surface area (Å²) in [5.41, 5.74) is 16.2. The van der Waals surface area contributed by atoms with Gasteiger partial charge < -0.3 is 74.8 Å². The van der Waals surface area contributed by atoms with Crippen LogP contribution in [0.15, 0.2) is 24.3 Å². The van der Waals surface area contributed by atoms with Crippen molar-refractivity contribution >= 4 is 70.9 Å². The number of carbonyl (C=O) groups is 12. The molecule has 1 aliphatic heterocycles. The number of rotatable bonds is 17. The number of phenolic OH excluding ortho intramolecular Hbond substituents is 1. The highest BCUT2D eigenvalue weighted by Crippen LogP contribution is 2.14. The van der Waals surface area contributed by atoms with E-state index in [1.807, 2.05) is 0 Å². The quantitative estimate of drug-likeness (QED) is 0.0691. The average Bonchev–Trinajstić information content (AvgIpc) is 3.24. The second-order valence-electron chi connectivity index (χ2n) is 15.2. The maximum Gasteiger partial charge on any atom is 0.247 e. The normalized spacial score (nSPS) is 21.3. The number of aliphatic hydroxyl groups excluding tert-OH is 1. The second-order valence-corrected chi connectivity index (χ2v) is 15.2. The van der Waals surface area contributed by atoms with E-state index in [9.17, 15) is 67.7 Å². The number of benzene rings is 1. The summed E-state index contributed by atoms with van der Waals surface area (Å²) >= 11 is 0. The van der Waals surface area contributed by atoms with E-state index >= 15 is 0 Å². The molecule has 26 nitrogen and oxygen atoms in total. The Morgan fingerprint density at radius 2 is 1.38 bits per heavy atom. The van der Waals surface area contributed by atoms with Gasteiger partial charge in [0.05, 0.1) is 26.1 Å². The smallest absolute Gasteiger partial charge is 0.247 e. The number of nitrogens with zero attached hydrogens (tertiary/aromatic N) is 1. The van der Waals surface area contributed by atoms with Gasteiger partial charge in [0.2, 0.25) is 70.9 Å². The summed E-state index contributed by atoms with van der Waals surface area (Å²) in [5.74, 6) is -12.5. The van der Waals surface area contributed by atoms with Crippen LogP contribution >= 0.6 is 0 Å². The lowest BCUT2D eigenvalue weighted by atomic mass is 9.96. The molecule has 65 heavy (non-hydrogen) atoms. The maximum absolute atomic E-state index is 13.9. The molecular weight excluding hydrogens is 860 g/mol. The molecule has 0 spiro atoms. The van der Waals surface area contributed by atoms with E-state index in [1.165, 1.54) is 24.3 Å². The van der Waals surface area contributed by atoms with Gasteiger partial charge in [0, 0.05) is 39.3 Å². The number of aromatic hydroxyl groups is 1. The zero-order valence-corrected chi connectivity index (χ0v) is 36.1. The molecule has 2 rings (SSSR count). The van der Waals surface area contributed by atoms with Crippen LogP contribution in [0.5, 0.6) is 5.75 Å². The van der Waals surface area contributed by atoms with E-state index in [4.69, 9.17) is 17.2 Å². The standard InChI is InChI=1S/C39H58N12O14/c1-4-19(2)33-38(64)47-22(9-10-27(40)54)35(61)48-24(14-28(41)55)36(62)49-25(39(65)51(3)17-32(59)46-26(18-52)34(60)44-16-29(42)56)15-43-30(57)11-12-31(58)45-23(37(63)50-33)13-20-5-7-21(53)8-6-20/h5-8,19,22-26,33,52-53H,4,9-18H2,1-3H3,(H2,40,54)(H2,41,55)(H2,42,56)(H,43,57)(H,44,60)(H,45,58)(H,46,59)(H,47,64)(H,48,61)(H,49,62)(H,50,63)/t19-,22-,23-,24-,25-,26-,33-/m0/s1. The highest BCUT2D eigenvalue weighted by atomic mass is 16.3. The van der Waals surface area contributed by atoms with Gasteiger partial charge in [-0.05, 0) is 30.0 Å². The zero-order chi connectivity index (χ0) is 49.0. The zero-order valence-electron chi connectivity index (χ0n) is 36.1. The van der Waals surface area contributed by atoms with E-state index < -0.39 is 171 Å². The Morgan fingerprint density at radius 1 is 0.785 bits per heavy atom. The molecule has 7 atom stereocenters. The first-order chi connectivity index (χ1) is 30.5. The average molecular weight is 919 g/mol. The van der Waals surface area contributed by atoms with E-state index in [-0.39, 0.29) is 12.2 Å². The third-order valence-electron chi connectivity index (χ3n) is 9.90. The predicted octanol–water partition coefficient (Wildman–Crippen LogP) is -7.01. The van der Waals surface area contributed by atoms with Gasteiger partial charge in [-0.25, -0.2) is 0 Å². The number of hydrogen-bond acceptors (Lipinski definition) is 14. The molecule has 358 valence electrons. The summed E-state index contributed by atoms with van der Waals surface area (Å²) in [6, 6.07) is -3.90. The number of hydrogen-bond donors (Lipinski definition) is 13. The first-order valence-corrected chi connectivity index (χ1v) is 20.4. The molecular formula is C39H58N12O14. The third kappa shape index (κ3) is 18.9. The minimum Gasteiger partial charge on any atom is -0.508 e. The molecule has 26 heteroatoms. The van der Waals surface area contributed by atoms with Crippen molar-refractivity contribution in [1.82, 2.24) is 47.4 Å². The molecule has 1 aromatic rings. The van der Waals surface area contributed by atoms with Gasteiger partial charge in [0.15, 0.2) is 0 Å². The molecule has 1 fully saturated rings. The summed E-state index contributed by atoms with van der Waals surface area (Å²) in [6.07, 6.45) is -2.69. The highest BCUT2D eigenvalue weighted by Gasteiger charge is 2.36. The van der Waals surface area contributed by atoms with Crippen molar-refractivity contribution in [1.29, 1.82) is 0 Å². The first-order valence-electron chi connectivity index (χ1n) is 20.4. The van der Waals surface area contributed by atoms with Crippen LogP contribution < -0.4 is 59.7 Å². The fourth-order valence-electron chi connectivity index (χ4n) is 6.09. The Labute approximate surface area is 372 Å². The molecule has 0 aromatic heterocycles. The van der Waals surface area contributed by atoms with Crippen molar-refractivity contribution in [2.24, 2.45) is 23.1 Å². The predicted molar refractivity (Wildman–Crippen MR) is 224 cm³/mol. The molecule has 0 radical (unpaired) electrons. The number of aliphatic hydroxyl groups is 1. The molecule has 1 saturated heterocycles. The maximum atomic E-state index is 13.9. The van der Waals surface area contributed by atoms with Crippen LogP contribution in [-0.4, -0.2) is 156 Å². The van der Waals surface area contributed by atoms with Crippen LogP contribution in [0.3, 0.4) is 0 Å². The number of primary amides is 3. The molecule has 1 aromatic carbocycles. The van der Waals surface area contributed by atoms with Gasteiger partial charge >= 0.3 is 0 Å². The van der Waals surface area contributed by atoms with Crippen LogP contribution in [-0.2, 0) is 64.0 Å². The summed E-state index contributed by atoms with van der Waals surface area (Å²) in [6.45, 7) is 0.239.